The Balaban J connectivity index is 1.56. The number of aromatic nitrogens is 1. The van der Waals surface area contributed by atoms with Crippen LogP contribution < -0.4 is 20.3 Å². The quantitative estimate of drug-likeness (QED) is 0.503. The number of nitrogens with one attached hydrogen (secondary N) is 2. The predicted octanol–water partition coefficient (Wildman–Crippen LogP) is 4.46. The minimum absolute atomic E-state index is 0.0868. The average molecular weight is 483 g/mol. The van der Waals surface area contributed by atoms with Crippen molar-refractivity contribution >= 4 is 57.2 Å². The third-order valence-electron chi connectivity index (χ3n) is 5.00. The lowest BCUT2D eigenvalue weighted by Gasteiger charge is -2.18. The molecule has 2 heterocycles. The number of anilines is 3. The summed E-state index contributed by atoms with van der Waals surface area (Å²) < 4.78 is 5.27. The molecule has 3 amide bonds. The second kappa shape index (κ2) is 9.05. The molecule has 10 heteroatoms. The van der Waals surface area contributed by atoms with Crippen LogP contribution in [0.5, 0.6) is 5.75 Å². The fourth-order valence-corrected chi connectivity index (χ4v) is 4.24. The van der Waals surface area contributed by atoms with Gasteiger partial charge in [-0.1, -0.05) is 29.8 Å². The molecule has 0 fully saturated rings. The highest BCUT2D eigenvalue weighted by molar-refractivity contribution is 7.15. The van der Waals surface area contributed by atoms with Gasteiger partial charge in [-0.2, -0.15) is 0 Å². The maximum Gasteiger partial charge on any atom is 0.283 e. The summed E-state index contributed by atoms with van der Waals surface area (Å²) in [4.78, 5) is 44.7. The zero-order valence-corrected chi connectivity index (χ0v) is 19.5. The number of aryl methyl sites for hydroxylation is 2. The molecule has 0 unspecified atom stereocenters. The molecule has 8 nitrogen and oxygen atoms in total. The summed E-state index contributed by atoms with van der Waals surface area (Å²) in [6.45, 7) is 3.80. The van der Waals surface area contributed by atoms with Crippen molar-refractivity contribution in [1.82, 2.24) is 4.98 Å². The summed E-state index contributed by atoms with van der Waals surface area (Å²) in [5, 5.41) is 5.90. The highest BCUT2D eigenvalue weighted by Gasteiger charge is 2.40. The zero-order valence-electron chi connectivity index (χ0n) is 17.9. The number of carbonyl (C=O) groups is 3. The van der Waals surface area contributed by atoms with Crippen LogP contribution >= 0.6 is 22.9 Å². The Hall–Kier alpha value is -3.69. The fourth-order valence-electron chi connectivity index (χ4n) is 3.22. The van der Waals surface area contributed by atoms with E-state index in [1.807, 2.05) is 13.8 Å². The van der Waals surface area contributed by atoms with Gasteiger partial charge in [0.05, 0.1) is 18.5 Å². The van der Waals surface area contributed by atoms with E-state index in [1.165, 1.54) is 18.4 Å². The van der Waals surface area contributed by atoms with Crippen molar-refractivity contribution in [2.75, 3.05) is 22.6 Å². The average Bonchev–Trinajstić information content (AvgIpc) is 3.23. The van der Waals surface area contributed by atoms with Gasteiger partial charge in [0.25, 0.3) is 17.7 Å². The molecule has 0 saturated heterocycles. The molecular formula is C23H19ClN4O4S. The number of thiazole rings is 1. The zero-order chi connectivity index (χ0) is 23.7. The molecule has 2 N–H and O–H groups in total. The van der Waals surface area contributed by atoms with E-state index in [1.54, 1.807) is 48.5 Å². The van der Waals surface area contributed by atoms with Gasteiger partial charge in [-0.25, -0.2) is 9.88 Å². The van der Waals surface area contributed by atoms with Crippen LogP contribution in [0.1, 0.15) is 20.9 Å². The molecular weight excluding hydrogens is 464 g/mol. The predicted molar refractivity (Wildman–Crippen MR) is 128 cm³/mol. The molecule has 0 atom stereocenters. The van der Waals surface area contributed by atoms with Gasteiger partial charge < -0.3 is 10.1 Å². The number of hydrogen-bond donors (Lipinski definition) is 2. The van der Waals surface area contributed by atoms with E-state index >= 15 is 0 Å². The topological polar surface area (TPSA) is 101 Å². The standard InChI is InChI=1S/C23H19ClN4O4S/c1-12-13(2)33-23(25-12)27-20(29)14-7-6-8-15(11-14)26-19-18(24)21(30)28(22(19)31)16-9-4-5-10-17(16)32-3/h4-11,26H,1-3H3,(H,25,27,29). The Kier molecular flexibility index (Phi) is 6.17. The molecule has 0 saturated carbocycles. The van der Waals surface area contributed by atoms with Crippen molar-refractivity contribution < 1.29 is 19.1 Å². The Labute approximate surface area is 198 Å². The van der Waals surface area contributed by atoms with Gasteiger partial charge >= 0.3 is 0 Å². The van der Waals surface area contributed by atoms with Crippen molar-refractivity contribution in [3.63, 3.8) is 0 Å². The molecule has 1 aliphatic rings. The van der Waals surface area contributed by atoms with Crippen LogP contribution in [-0.4, -0.2) is 29.8 Å². The number of nitrogens with zero attached hydrogens (tertiary/aromatic N) is 2. The lowest BCUT2D eigenvalue weighted by Crippen LogP contribution is -2.32. The number of ether oxygens (including phenoxy) is 1. The molecule has 168 valence electrons. The van der Waals surface area contributed by atoms with Gasteiger partial charge in [0.2, 0.25) is 0 Å². The van der Waals surface area contributed by atoms with Crippen LogP contribution in [0.4, 0.5) is 16.5 Å². The number of rotatable bonds is 6. The highest BCUT2D eigenvalue weighted by atomic mass is 35.5. The molecule has 3 aromatic rings. The van der Waals surface area contributed by atoms with Crippen LogP contribution in [0.25, 0.3) is 0 Å². The first-order chi connectivity index (χ1) is 15.8. The smallest absolute Gasteiger partial charge is 0.283 e. The van der Waals surface area contributed by atoms with Gasteiger partial charge in [-0.3, -0.25) is 19.7 Å². The number of methoxy groups -OCH3 is 1. The summed E-state index contributed by atoms with van der Waals surface area (Å²) in [6, 6.07) is 13.2. The van der Waals surface area contributed by atoms with Crippen LogP contribution in [0.15, 0.2) is 59.3 Å². The van der Waals surface area contributed by atoms with Gasteiger partial charge in [-0.05, 0) is 44.2 Å². The monoisotopic (exact) mass is 482 g/mol. The second-order valence-electron chi connectivity index (χ2n) is 7.13. The van der Waals surface area contributed by atoms with E-state index in [0.29, 0.717) is 22.1 Å². The largest absolute Gasteiger partial charge is 0.495 e. The van der Waals surface area contributed by atoms with Crippen molar-refractivity contribution in [2.24, 2.45) is 0 Å². The van der Waals surface area contributed by atoms with E-state index in [4.69, 9.17) is 16.3 Å². The number of carbonyl (C=O) groups excluding carboxylic acids is 3. The lowest BCUT2D eigenvalue weighted by atomic mass is 10.2. The Morgan fingerprint density at radius 3 is 2.55 bits per heavy atom. The number of para-hydroxylation sites is 2. The maximum atomic E-state index is 13.1. The van der Waals surface area contributed by atoms with Crippen molar-refractivity contribution in [3.05, 3.63) is 75.4 Å². The summed E-state index contributed by atoms with van der Waals surface area (Å²) in [6.07, 6.45) is 0. The molecule has 0 bridgehead atoms. The summed E-state index contributed by atoms with van der Waals surface area (Å²) in [7, 11) is 1.45. The fraction of sp³-hybridized carbons (Fsp3) is 0.130. The minimum atomic E-state index is -0.669. The first kappa shape index (κ1) is 22.5. The normalized spacial score (nSPS) is 13.5. The van der Waals surface area contributed by atoms with Gasteiger partial charge in [0, 0.05) is 16.1 Å². The highest BCUT2D eigenvalue weighted by Crippen LogP contribution is 2.35. The summed E-state index contributed by atoms with van der Waals surface area (Å²) in [5.74, 6) is -1.29. The van der Waals surface area contributed by atoms with Crippen molar-refractivity contribution in [1.29, 1.82) is 0 Å². The molecule has 4 rings (SSSR count). The van der Waals surface area contributed by atoms with Gasteiger partial charge in [0.1, 0.15) is 16.5 Å². The van der Waals surface area contributed by atoms with Gasteiger partial charge in [0.15, 0.2) is 5.13 Å². The Bertz CT molecular complexity index is 1300. The third kappa shape index (κ3) is 4.33. The van der Waals surface area contributed by atoms with E-state index in [9.17, 15) is 14.4 Å². The number of halogens is 1. The van der Waals surface area contributed by atoms with Crippen molar-refractivity contribution in [3.8, 4) is 5.75 Å². The molecule has 0 radical (unpaired) electrons. The SMILES string of the molecule is COc1ccccc1N1C(=O)C(Cl)=C(Nc2cccc(C(=O)Nc3nc(C)c(C)s3)c2)C1=O. The van der Waals surface area contributed by atoms with E-state index in [-0.39, 0.29) is 22.3 Å². The second-order valence-corrected chi connectivity index (χ2v) is 8.71. The molecule has 2 aromatic carbocycles. The number of hydrogen-bond acceptors (Lipinski definition) is 7. The lowest BCUT2D eigenvalue weighted by molar-refractivity contribution is -0.120. The number of benzene rings is 2. The first-order valence-electron chi connectivity index (χ1n) is 9.84. The van der Waals surface area contributed by atoms with Crippen LogP contribution in [0, 0.1) is 13.8 Å². The van der Waals surface area contributed by atoms with E-state index in [2.05, 4.69) is 15.6 Å². The van der Waals surface area contributed by atoms with E-state index in [0.717, 1.165) is 15.5 Å². The molecule has 0 spiro atoms. The Morgan fingerprint density at radius 1 is 1.09 bits per heavy atom. The van der Waals surface area contributed by atoms with Gasteiger partial charge in [-0.15, -0.1) is 11.3 Å². The molecule has 1 aromatic heterocycles. The Morgan fingerprint density at radius 2 is 1.85 bits per heavy atom. The molecule has 0 aliphatic carbocycles. The third-order valence-corrected chi connectivity index (χ3v) is 6.34. The van der Waals surface area contributed by atoms with Crippen LogP contribution in [0.3, 0.4) is 0 Å². The number of amides is 3. The maximum absolute atomic E-state index is 13.1. The van der Waals surface area contributed by atoms with Crippen LogP contribution in [0.2, 0.25) is 0 Å². The van der Waals surface area contributed by atoms with Crippen LogP contribution in [-0.2, 0) is 9.59 Å². The first-order valence-corrected chi connectivity index (χ1v) is 11.0. The number of imide groups is 1. The molecule has 33 heavy (non-hydrogen) atoms. The minimum Gasteiger partial charge on any atom is -0.495 e. The van der Waals surface area contributed by atoms with E-state index < -0.39 is 11.8 Å². The molecule has 1 aliphatic heterocycles. The summed E-state index contributed by atoms with van der Waals surface area (Å²) in [5.41, 5.74) is 1.82. The van der Waals surface area contributed by atoms with Crippen molar-refractivity contribution in [2.45, 2.75) is 13.8 Å². The summed E-state index contributed by atoms with van der Waals surface area (Å²) >= 11 is 7.61.